The maximum atomic E-state index is 5.49. The second-order valence-corrected chi connectivity index (χ2v) is 5.32. The molecule has 0 spiro atoms. The molecule has 1 aliphatic rings. The third kappa shape index (κ3) is 4.35. The normalized spacial score (nSPS) is 13.9. The third-order valence-electron chi connectivity index (χ3n) is 3.34. The SMILES string of the molecule is COCCNC(=S)N(Cc1ccc(OC)cc1)C1CC1. The molecule has 1 fully saturated rings. The lowest BCUT2D eigenvalue weighted by atomic mass is 10.2. The lowest BCUT2D eigenvalue weighted by Crippen LogP contribution is -2.41. The number of thiocarbonyl (C=S) groups is 1. The van der Waals surface area contributed by atoms with E-state index in [9.17, 15) is 0 Å². The van der Waals surface area contributed by atoms with Crippen molar-refractivity contribution in [2.24, 2.45) is 0 Å². The molecule has 1 aliphatic carbocycles. The third-order valence-corrected chi connectivity index (χ3v) is 3.72. The van der Waals surface area contributed by atoms with Gasteiger partial charge in [-0.2, -0.15) is 0 Å². The number of methoxy groups -OCH3 is 2. The summed E-state index contributed by atoms with van der Waals surface area (Å²) in [5, 5.41) is 4.08. The summed E-state index contributed by atoms with van der Waals surface area (Å²) in [5.74, 6) is 0.882. The van der Waals surface area contributed by atoms with Crippen LogP contribution in [0.4, 0.5) is 0 Å². The molecule has 0 saturated heterocycles. The van der Waals surface area contributed by atoms with Gasteiger partial charge in [0.1, 0.15) is 5.75 Å². The minimum Gasteiger partial charge on any atom is -0.497 e. The first-order chi connectivity index (χ1) is 9.74. The summed E-state index contributed by atoms with van der Waals surface area (Å²) in [6.07, 6.45) is 2.45. The standard InChI is InChI=1S/C15H22N2O2S/c1-18-10-9-16-15(20)17(13-5-6-13)11-12-3-7-14(19-2)8-4-12/h3-4,7-8,13H,5-6,9-11H2,1-2H3,(H,16,20). The summed E-state index contributed by atoms with van der Waals surface area (Å²) in [4.78, 5) is 2.27. The number of nitrogens with one attached hydrogen (secondary N) is 1. The van der Waals surface area contributed by atoms with Gasteiger partial charge in [0, 0.05) is 26.2 Å². The molecule has 0 aliphatic heterocycles. The molecular formula is C15H22N2O2S. The molecule has 0 bridgehead atoms. The average molecular weight is 294 g/mol. The van der Waals surface area contributed by atoms with E-state index in [4.69, 9.17) is 21.7 Å². The summed E-state index contributed by atoms with van der Waals surface area (Å²) >= 11 is 5.49. The van der Waals surface area contributed by atoms with Crippen molar-refractivity contribution in [3.05, 3.63) is 29.8 Å². The Bertz CT molecular complexity index is 432. The molecule has 0 atom stereocenters. The topological polar surface area (TPSA) is 33.7 Å². The minimum absolute atomic E-state index is 0.583. The second-order valence-electron chi connectivity index (χ2n) is 4.93. The number of hydrogen-bond acceptors (Lipinski definition) is 3. The highest BCUT2D eigenvalue weighted by molar-refractivity contribution is 7.80. The van der Waals surface area contributed by atoms with Gasteiger partial charge in [-0.3, -0.25) is 0 Å². The lowest BCUT2D eigenvalue weighted by molar-refractivity contribution is 0.202. The van der Waals surface area contributed by atoms with Crippen LogP contribution in [0.5, 0.6) is 5.75 Å². The number of benzene rings is 1. The quantitative estimate of drug-likeness (QED) is 0.616. The number of rotatable bonds is 7. The van der Waals surface area contributed by atoms with Crippen LogP contribution in [-0.2, 0) is 11.3 Å². The van der Waals surface area contributed by atoms with Gasteiger partial charge in [0.2, 0.25) is 0 Å². The first-order valence-electron chi connectivity index (χ1n) is 6.91. The largest absolute Gasteiger partial charge is 0.497 e. The van der Waals surface area contributed by atoms with Gasteiger partial charge in [-0.25, -0.2) is 0 Å². The van der Waals surface area contributed by atoms with E-state index >= 15 is 0 Å². The number of nitrogens with zero attached hydrogens (tertiary/aromatic N) is 1. The Morgan fingerprint density at radius 2 is 2.00 bits per heavy atom. The minimum atomic E-state index is 0.583. The molecule has 0 radical (unpaired) electrons. The van der Waals surface area contributed by atoms with Crippen molar-refractivity contribution in [1.29, 1.82) is 0 Å². The van der Waals surface area contributed by atoms with E-state index in [-0.39, 0.29) is 0 Å². The van der Waals surface area contributed by atoms with Crippen LogP contribution in [0, 0.1) is 0 Å². The fourth-order valence-corrected chi connectivity index (χ4v) is 2.36. The zero-order valence-corrected chi connectivity index (χ0v) is 12.9. The zero-order valence-electron chi connectivity index (χ0n) is 12.1. The van der Waals surface area contributed by atoms with Crippen LogP contribution in [0.2, 0.25) is 0 Å². The molecule has 0 heterocycles. The van der Waals surface area contributed by atoms with Crippen LogP contribution in [0.25, 0.3) is 0 Å². The lowest BCUT2D eigenvalue weighted by Gasteiger charge is -2.26. The predicted molar refractivity (Wildman–Crippen MR) is 84.0 cm³/mol. The molecule has 1 saturated carbocycles. The van der Waals surface area contributed by atoms with Gasteiger partial charge in [-0.05, 0) is 42.8 Å². The summed E-state index contributed by atoms with van der Waals surface area (Å²) in [5.41, 5.74) is 1.24. The van der Waals surface area contributed by atoms with Crippen molar-refractivity contribution < 1.29 is 9.47 Å². The first-order valence-corrected chi connectivity index (χ1v) is 7.31. The molecule has 5 heteroatoms. The Labute approximate surface area is 126 Å². The molecule has 0 amide bonds. The Balaban J connectivity index is 1.92. The van der Waals surface area contributed by atoms with E-state index in [2.05, 4.69) is 22.3 Å². The molecule has 4 nitrogen and oxygen atoms in total. The maximum absolute atomic E-state index is 5.49. The number of hydrogen-bond donors (Lipinski definition) is 1. The van der Waals surface area contributed by atoms with Gasteiger partial charge in [-0.15, -0.1) is 0 Å². The van der Waals surface area contributed by atoms with Gasteiger partial charge < -0.3 is 19.7 Å². The van der Waals surface area contributed by atoms with E-state index in [1.54, 1.807) is 14.2 Å². The summed E-state index contributed by atoms with van der Waals surface area (Å²) in [6, 6.07) is 8.74. The van der Waals surface area contributed by atoms with Crippen molar-refractivity contribution in [2.75, 3.05) is 27.4 Å². The molecule has 1 N–H and O–H groups in total. The molecule has 20 heavy (non-hydrogen) atoms. The van der Waals surface area contributed by atoms with Crippen LogP contribution < -0.4 is 10.1 Å². The monoisotopic (exact) mass is 294 g/mol. The summed E-state index contributed by atoms with van der Waals surface area (Å²) in [7, 11) is 3.38. The molecule has 1 aromatic rings. The highest BCUT2D eigenvalue weighted by Crippen LogP contribution is 2.28. The second kappa shape index (κ2) is 7.45. The Kier molecular flexibility index (Phi) is 5.61. The maximum Gasteiger partial charge on any atom is 0.169 e. The smallest absolute Gasteiger partial charge is 0.169 e. The van der Waals surface area contributed by atoms with Crippen LogP contribution >= 0.6 is 12.2 Å². The van der Waals surface area contributed by atoms with Crippen molar-refractivity contribution in [1.82, 2.24) is 10.2 Å². The Hall–Kier alpha value is -1.33. The van der Waals surface area contributed by atoms with Gasteiger partial charge in [0.25, 0.3) is 0 Å². The van der Waals surface area contributed by atoms with Crippen molar-refractivity contribution in [3.8, 4) is 5.75 Å². The van der Waals surface area contributed by atoms with Crippen molar-refractivity contribution >= 4 is 17.3 Å². The van der Waals surface area contributed by atoms with E-state index in [1.807, 2.05) is 12.1 Å². The van der Waals surface area contributed by atoms with Crippen molar-refractivity contribution in [3.63, 3.8) is 0 Å². The Morgan fingerprint density at radius 1 is 1.30 bits per heavy atom. The molecule has 110 valence electrons. The highest BCUT2D eigenvalue weighted by atomic mass is 32.1. The van der Waals surface area contributed by atoms with Gasteiger partial charge >= 0.3 is 0 Å². The molecule has 2 rings (SSSR count). The van der Waals surface area contributed by atoms with Gasteiger partial charge in [-0.1, -0.05) is 12.1 Å². The van der Waals surface area contributed by atoms with Gasteiger partial charge in [0.15, 0.2) is 5.11 Å². The van der Waals surface area contributed by atoms with Crippen LogP contribution in [-0.4, -0.2) is 43.4 Å². The summed E-state index contributed by atoms with van der Waals surface area (Å²) < 4.78 is 10.2. The molecular weight excluding hydrogens is 272 g/mol. The van der Waals surface area contributed by atoms with Crippen molar-refractivity contribution in [2.45, 2.75) is 25.4 Å². The molecule has 1 aromatic carbocycles. The molecule has 0 aromatic heterocycles. The van der Waals surface area contributed by atoms with Crippen LogP contribution in [0.1, 0.15) is 18.4 Å². The number of ether oxygens (including phenoxy) is 2. The van der Waals surface area contributed by atoms with E-state index in [0.29, 0.717) is 12.6 Å². The predicted octanol–water partition coefficient (Wildman–Crippen LogP) is 2.18. The van der Waals surface area contributed by atoms with E-state index < -0.39 is 0 Å². The molecule has 0 unspecified atom stereocenters. The first kappa shape index (κ1) is 15.1. The van der Waals surface area contributed by atoms with Crippen LogP contribution in [0.15, 0.2) is 24.3 Å². The summed E-state index contributed by atoms with van der Waals surface area (Å²) in [6.45, 7) is 2.26. The Morgan fingerprint density at radius 3 is 2.55 bits per heavy atom. The highest BCUT2D eigenvalue weighted by Gasteiger charge is 2.30. The van der Waals surface area contributed by atoms with E-state index in [0.717, 1.165) is 24.0 Å². The fraction of sp³-hybridized carbons (Fsp3) is 0.533. The van der Waals surface area contributed by atoms with E-state index in [1.165, 1.54) is 18.4 Å². The average Bonchev–Trinajstić information content (AvgIpc) is 3.30. The van der Waals surface area contributed by atoms with Crippen LogP contribution in [0.3, 0.4) is 0 Å². The van der Waals surface area contributed by atoms with Gasteiger partial charge in [0.05, 0.1) is 13.7 Å². The fourth-order valence-electron chi connectivity index (χ4n) is 2.04. The zero-order chi connectivity index (χ0) is 14.4.